The van der Waals surface area contributed by atoms with Crippen molar-refractivity contribution in [3.63, 3.8) is 0 Å². The van der Waals surface area contributed by atoms with E-state index >= 15 is 0 Å². The first-order valence-corrected chi connectivity index (χ1v) is 10.1. The lowest BCUT2D eigenvalue weighted by Crippen LogP contribution is -2.42. The van der Waals surface area contributed by atoms with E-state index in [-0.39, 0.29) is 23.5 Å². The van der Waals surface area contributed by atoms with E-state index in [9.17, 15) is 41.0 Å². The van der Waals surface area contributed by atoms with Crippen LogP contribution in [-0.4, -0.2) is 29.4 Å². The van der Waals surface area contributed by atoms with E-state index in [0.717, 1.165) is 36.4 Å². The van der Waals surface area contributed by atoms with Crippen molar-refractivity contribution in [3.8, 4) is 17.2 Å². The van der Waals surface area contributed by atoms with Gasteiger partial charge < -0.3 is 19.9 Å². The van der Waals surface area contributed by atoms with Crippen LogP contribution in [0.2, 0.25) is 0 Å². The number of amides is 1. The van der Waals surface area contributed by atoms with Crippen LogP contribution in [0.4, 0.5) is 26.3 Å². The molecule has 1 atom stereocenters. The quantitative estimate of drug-likeness (QED) is 0.371. The summed E-state index contributed by atoms with van der Waals surface area (Å²) in [5, 5.41) is 11.8. The molecule has 1 amide bonds. The molecule has 0 bridgehead atoms. The highest BCUT2D eigenvalue weighted by atomic mass is 19.4. The first-order chi connectivity index (χ1) is 16.8. The Labute approximate surface area is 200 Å². The number of carboxylic acid groups (broad SMARTS) is 1. The minimum absolute atomic E-state index is 0.0787. The molecule has 36 heavy (non-hydrogen) atoms. The molecule has 6 nitrogen and oxygen atoms in total. The van der Waals surface area contributed by atoms with Gasteiger partial charge in [0.05, 0.1) is 5.56 Å². The number of ether oxygens (including phenoxy) is 2. The molecule has 3 aromatic rings. The van der Waals surface area contributed by atoms with Gasteiger partial charge >= 0.3 is 18.5 Å². The summed E-state index contributed by atoms with van der Waals surface area (Å²) in [5.41, 5.74) is -0.409. The van der Waals surface area contributed by atoms with Crippen LogP contribution in [0.5, 0.6) is 17.2 Å². The Kier molecular flexibility index (Phi) is 7.76. The molecule has 0 aromatic heterocycles. The van der Waals surface area contributed by atoms with Crippen LogP contribution in [0.3, 0.4) is 0 Å². The molecule has 0 aliphatic heterocycles. The summed E-state index contributed by atoms with van der Waals surface area (Å²) in [5.74, 6) is -2.21. The molecular formula is C24H17F6NO5. The van der Waals surface area contributed by atoms with Crippen molar-refractivity contribution in [2.45, 2.75) is 25.0 Å². The Morgan fingerprint density at radius 2 is 1.28 bits per heavy atom. The van der Waals surface area contributed by atoms with Crippen LogP contribution in [0.25, 0.3) is 0 Å². The normalized spacial score (nSPS) is 12.5. The van der Waals surface area contributed by atoms with Crippen LogP contribution in [0.1, 0.15) is 21.5 Å². The fourth-order valence-corrected chi connectivity index (χ4v) is 3.03. The molecule has 2 N–H and O–H groups in total. The summed E-state index contributed by atoms with van der Waals surface area (Å²) in [7, 11) is 0. The van der Waals surface area contributed by atoms with Gasteiger partial charge in [-0.15, -0.1) is 13.2 Å². The van der Waals surface area contributed by atoms with Gasteiger partial charge in [0, 0.05) is 12.0 Å². The number of halogens is 6. The molecule has 0 radical (unpaired) electrons. The van der Waals surface area contributed by atoms with E-state index < -0.39 is 41.8 Å². The SMILES string of the molecule is O=C(NC(Cc1ccc(OC(F)(F)F)cc1)C(=O)O)c1ccc(Oc2ccc(C(F)(F)F)cc2)cc1. The standard InChI is InChI=1S/C24H17F6NO5/c25-23(26,27)16-5-11-18(12-6-16)35-17-9-3-15(4-10-17)21(32)31-20(22(33)34)13-14-1-7-19(8-2-14)36-24(28,29)30/h1-12,20H,13H2,(H,31,32)(H,33,34). The van der Waals surface area contributed by atoms with Crippen LogP contribution < -0.4 is 14.8 Å². The number of rotatable bonds is 8. The number of nitrogens with one attached hydrogen (secondary N) is 1. The summed E-state index contributed by atoms with van der Waals surface area (Å²) >= 11 is 0. The van der Waals surface area contributed by atoms with Crippen LogP contribution in [0, 0.1) is 0 Å². The Morgan fingerprint density at radius 3 is 1.75 bits per heavy atom. The molecule has 0 heterocycles. The number of hydrogen-bond acceptors (Lipinski definition) is 4. The number of carboxylic acids is 1. The number of alkyl halides is 6. The van der Waals surface area contributed by atoms with Crippen LogP contribution >= 0.6 is 0 Å². The maximum atomic E-state index is 12.6. The van der Waals surface area contributed by atoms with Gasteiger partial charge in [-0.2, -0.15) is 13.2 Å². The van der Waals surface area contributed by atoms with Crippen molar-refractivity contribution < 1.29 is 50.5 Å². The zero-order chi connectivity index (χ0) is 26.5. The fraction of sp³-hybridized carbons (Fsp3) is 0.167. The first-order valence-electron chi connectivity index (χ1n) is 10.1. The molecule has 0 aliphatic rings. The number of benzene rings is 3. The monoisotopic (exact) mass is 513 g/mol. The van der Waals surface area contributed by atoms with Gasteiger partial charge in [0.15, 0.2) is 0 Å². The average Bonchev–Trinajstić information content (AvgIpc) is 2.79. The van der Waals surface area contributed by atoms with E-state index in [1.807, 2.05) is 0 Å². The van der Waals surface area contributed by atoms with Crippen molar-refractivity contribution >= 4 is 11.9 Å². The molecule has 3 rings (SSSR count). The number of hydrogen-bond donors (Lipinski definition) is 2. The largest absolute Gasteiger partial charge is 0.573 e. The average molecular weight is 513 g/mol. The van der Waals surface area contributed by atoms with Gasteiger partial charge in [0.1, 0.15) is 23.3 Å². The highest BCUT2D eigenvalue weighted by Crippen LogP contribution is 2.31. The molecule has 0 saturated heterocycles. The molecule has 12 heteroatoms. The number of carbonyl (C=O) groups is 2. The van der Waals surface area contributed by atoms with E-state index in [2.05, 4.69) is 10.1 Å². The molecular weight excluding hydrogens is 496 g/mol. The molecule has 0 aliphatic carbocycles. The van der Waals surface area contributed by atoms with Gasteiger partial charge in [0.25, 0.3) is 5.91 Å². The molecule has 0 fully saturated rings. The minimum Gasteiger partial charge on any atom is -0.480 e. The van der Waals surface area contributed by atoms with Crippen molar-refractivity contribution in [3.05, 3.63) is 89.5 Å². The third kappa shape index (κ3) is 7.65. The molecule has 3 aromatic carbocycles. The maximum Gasteiger partial charge on any atom is 0.573 e. The second kappa shape index (κ2) is 10.6. The second-order valence-corrected chi connectivity index (χ2v) is 7.41. The van der Waals surface area contributed by atoms with Crippen molar-refractivity contribution in [2.24, 2.45) is 0 Å². The van der Waals surface area contributed by atoms with Crippen molar-refractivity contribution in [1.29, 1.82) is 0 Å². The Bertz CT molecular complexity index is 1190. The topological polar surface area (TPSA) is 84.9 Å². The van der Waals surface area contributed by atoms with E-state index in [1.165, 1.54) is 36.4 Å². The predicted octanol–water partition coefficient (Wildman–Crippen LogP) is 5.82. The fourth-order valence-electron chi connectivity index (χ4n) is 3.03. The molecule has 190 valence electrons. The summed E-state index contributed by atoms with van der Waals surface area (Å²) in [6, 6.07) is 12.6. The molecule has 0 spiro atoms. The lowest BCUT2D eigenvalue weighted by atomic mass is 10.1. The zero-order valence-corrected chi connectivity index (χ0v) is 18.1. The Morgan fingerprint density at radius 1 is 0.778 bits per heavy atom. The number of carbonyl (C=O) groups excluding carboxylic acids is 1. The highest BCUT2D eigenvalue weighted by Gasteiger charge is 2.31. The summed E-state index contributed by atoms with van der Waals surface area (Å²) < 4.78 is 83.9. The zero-order valence-electron chi connectivity index (χ0n) is 18.1. The van der Waals surface area contributed by atoms with Crippen molar-refractivity contribution in [2.75, 3.05) is 0 Å². The third-order valence-electron chi connectivity index (χ3n) is 4.73. The smallest absolute Gasteiger partial charge is 0.480 e. The van der Waals surface area contributed by atoms with Gasteiger partial charge in [-0.25, -0.2) is 4.79 Å². The van der Waals surface area contributed by atoms with E-state index in [1.54, 1.807) is 0 Å². The lowest BCUT2D eigenvalue weighted by Gasteiger charge is -2.15. The summed E-state index contributed by atoms with van der Waals surface area (Å²) in [6.07, 6.45) is -9.55. The Hall–Kier alpha value is -4.22. The van der Waals surface area contributed by atoms with Gasteiger partial charge in [0.2, 0.25) is 0 Å². The minimum atomic E-state index is -4.86. The molecule has 0 saturated carbocycles. The van der Waals surface area contributed by atoms with Crippen molar-refractivity contribution in [1.82, 2.24) is 5.32 Å². The highest BCUT2D eigenvalue weighted by molar-refractivity contribution is 5.96. The Balaban J connectivity index is 1.61. The third-order valence-corrected chi connectivity index (χ3v) is 4.73. The summed E-state index contributed by atoms with van der Waals surface area (Å²) in [4.78, 5) is 24.1. The number of aliphatic carboxylic acids is 1. The predicted molar refractivity (Wildman–Crippen MR) is 114 cm³/mol. The van der Waals surface area contributed by atoms with Crippen LogP contribution in [0.15, 0.2) is 72.8 Å². The van der Waals surface area contributed by atoms with E-state index in [4.69, 9.17) is 4.74 Å². The van der Waals surface area contributed by atoms with Gasteiger partial charge in [-0.05, 0) is 66.2 Å². The van der Waals surface area contributed by atoms with Gasteiger partial charge in [-0.1, -0.05) is 12.1 Å². The molecule has 1 unspecified atom stereocenters. The maximum absolute atomic E-state index is 12.6. The second-order valence-electron chi connectivity index (χ2n) is 7.41. The summed E-state index contributed by atoms with van der Waals surface area (Å²) in [6.45, 7) is 0. The lowest BCUT2D eigenvalue weighted by molar-refractivity contribution is -0.274. The van der Waals surface area contributed by atoms with E-state index in [0.29, 0.717) is 5.56 Å². The first kappa shape index (κ1) is 26.4. The van der Waals surface area contributed by atoms with Crippen LogP contribution in [-0.2, 0) is 17.4 Å². The van der Waals surface area contributed by atoms with Gasteiger partial charge in [-0.3, -0.25) is 4.79 Å².